The van der Waals surface area contributed by atoms with Crippen molar-refractivity contribution in [1.29, 1.82) is 0 Å². The predicted octanol–water partition coefficient (Wildman–Crippen LogP) is 30.7. The lowest BCUT2D eigenvalue weighted by Gasteiger charge is -2.34. The molecule has 19 aromatic carbocycles. The van der Waals surface area contributed by atoms with Crippen LogP contribution in [0.2, 0.25) is 0 Å². The zero-order chi connectivity index (χ0) is 78.1. The summed E-state index contributed by atoms with van der Waals surface area (Å²) in [4.78, 5) is 4.69. The molecule has 2 aliphatic rings. The lowest BCUT2D eigenvalue weighted by atomic mass is 9.67. The summed E-state index contributed by atoms with van der Waals surface area (Å²) >= 11 is 0. The smallest absolute Gasteiger partial charge is 0.137 e. The van der Waals surface area contributed by atoms with Crippen LogP contribution in [0, 0.1) is 0 Å². The molecule has 23 rings (SSSR count). The van der Waals surface area contributed by atoms with Crippen LogP contribution < -0.4 is 9.80 Å². The van der Waals surface area contributed by atoms with Crippen molar-refractivity contribution in [2.75, 3.05) is 9.80 Å². The molecule has 0 fully saturated rings. The van der Waals surface area contributed by atoms with Gasteiger partial charge in [0.2, 0.25) is 0 Å². The summed E-state index contributed by atoms with van der Waals surface area (Å²) < 4.78 is 13.5. The highest BCUT2D eigenvalue weighted by molar-refractivity contribution is 6.14. The quantitative estimate of drug-likeness (QED) is 0.109. The summed E-state index contributed by atoms with van der Waals surface area (Å²) in [6, 6.07) is 167. The van der Waals surface area contributed by atoms with Crippen molar-refractivity contribution >= 4 is 88.8 Å². The second-order valence-corrected chi connectivity index (χ2v) is 30.9. The molecule has 0 spiro atoms. The van der Waals surface area contributed by atoms with E-state index in [2.05, 4.69) is 471 Å². The molecule has 2 aliphatic carbocycles. The molecular formula is C114H76N2O2. The molecule has 1 atom stereocenters. The highest BCUT2D eigenvalue weighted by Gasteiger charge is 2.48. The molecule has 118 heavy (non-hydrogen) atoms. The van der Waals surface area contributed by atoms with Crippen LogP contribution in [0.3, 0.4) is 0 Å². The molecule has 0 bridgehead atoms. The van der Waals surface area contributed by atoms with Gasteiger partial charge in [0.05, 0.1) is 21.9 Å². The van der Waals surface area contributed by atoms with Crippen LogP contribution in [0.1, 0.15) is 44.5 Å². The van der Waals surface area contributed by atoms with E-state index in [9.17, 15) is 0 Å². The van der Waals surface area contributed by atoms with Crippen molar-refractivity contribution in [3.63, 3.8) is 0 Å². The second-order valence-electron chi connectivity index (χ2n) is 30.9. The van der Waals surface area contributed by atoms with Crippen molar-refractivity contribution < 1.29 is 8.83 Å². The number of fused-ring (bicyclic) bond motifs is 13. The lowest BCUT2D eigenvalue weighted by Crippen LogP contribution is -2.28. The molecule has 4 nitrogen and oxygen atoms in total. The van der Waals surface area contributed by atoms with Crippen LogP contribution in [-0.4, -0.2) is 0 Å². The maximum absolute atomic E-state index is 6.80. The van der Waals surface area contributed by atoms with Crippen molar-refractivity contribution in [2.45, 2.75) is 10.8 Å². The monoisotopic (exact) mass is 1500 g/mol. The van der Waals surface area contributed by atoms with Gasteiger partial charge in [0.15, 0.2) is 0 Å². The Bertz CT molecular complexity index is 7200. The number of benzene rings is 19. The Hall–Kier alpha value is -15.4. The van der Waals surface area contributed by atoms with E-state index >= 15 is 0 Å². The summed E-state index contributed by atoms with van der Waals surface area (Å²) in [6.45, 7) is 0. The van der Waals surface area contributed by atoms with Crippen LogP contribution in [0.5, 0.6) is 0 Å². The molecule has 2 aromatic heterocycles. The van der Waals surface area contributed by atoms with Crippen LogP contribution in [0.15, 0.2) is 470 Å². The highest BCUT2D eigenvalue weighted by Crippen LogP contribution is 2.60. The van der Waals surface area contributed by atoms with Crippen LogP contribution in [0.4, 0.5) is 34.1 Å². The summed E-state index contributed by atoms with van der Waals surface area (Å²) in [5.41, 5.74) is 33.4. The molecule has 2 heterocycles. The third kappa shape index (κ3) is 11.6. The highest BCUT2D eigenvalue weighted by atomic mass is 16.3. The van der Waals surface area contributed by atoms with E-state index < -0.39 is 10.8 Å². The van der Waals surface area contributed by atoms with Crippen molar-refractivity contribution in [1.82, 2.24) is 0 Å². The Kier molecular flexibility index (Phi) is 17.0. The number of anilines is 6. The van der Waals surface area contributed by atoms with Gasteiger partial charge in [0.1, 0.15) is 22.3 Å². The Morgan fingerprint density at radius 3 is 1.11 bits per heavy atom. The fourth-order valence-electron chi connectivity index (χ4n) is 19.1. The number of rotatable bonds is 14. The Morgan fingerprint density at radius 1 is 0.178 bits per heavy atom. The van der Waals surface area contributed by atoms with Crippen LogP contribution in [0.25, 0.3) is 121 Å². The average Bonchev–Trinajstić information content (AvgIpc) is 1.53. The van der Waals surface area contributed by atoms with E-state index in [1.807, 2.05) is 0 Å². The van der Waals surface area contributed by atoms with Crippen LogP contribution in [-0.2, 0) is 10.8 Å². The molecule has 4 heteroatoms. The van der Waals surface area contributed by atoms with Gasteiger partial charge in [-0.2, -0.15) is 0 Å². The topological polar surface area (TPSA) is 32.8 Å². The van der Waals surface area contributed by atoms with E-state index in [1.54, 1.807) is 0 Å². The van der Waals surface area contributed by atoms with Crippen molar-refractivity contribution in [3.8, 4) is 66.8 Å². The van der Waals surface area contributed by atoms with Gasteiger partial charge in [-0.3, -0.25) is 0 Å². The van der Waals surface area contributed by atoms with E-state index in [-0.39, 0.29) is 0 Å². The van der Waals surface area contributed by atoms with Crippen molar-refractivity contribution in [2.24, 2.45) is 0 Å². The van der Waals surface area contributed by atoms with E-state index in [0.29, 0.717) is 0 Å². The first-order valence-corrected chi connectivity index (χ1v) is 40.6. The second kappa shape index (κ2) is 28.9. The van der Waals surface area contributed by atoms with E-state index in [4.69, 9.17) is 8.83 Å². The third-order valence-corrected chi connectivity index (χ3v) is 24.5. The van der Waals surface area contributed by atoms with Crippen molar-refractivity contribution in [3.05, 3.63) is 506 Å². The Labute approximate surface area is 686 Å². The molecule has 0 N–H and O–H groups in total. The van der Waals surface area contributed by atoms with Gasteiger partial charge in [-0.15, -0.1) is 0 Å². The molecule has 554 valence electrons. The standard InChI is InChI=1S/C61H41NO.C53H35NO/c1-4-15-42(16-5-1)45-27-33-48(34-28-45)61(55-23-12-10-21-52(55)53-22-11-13-24-56(53)61)49-35-40-58-54(41-49)60-57(25-14-26-59(60)63-58)62(50-36-29-46(30-37-50)43-17-6-2-7-18-43)51-38-31-47(32-39-51)44-19-8-3-9-20-44;1-4-15-36(16-5-1)37-19-14-24-43(31-37)54(42-22-8-3-9-23-42)44-28-29-46-48-34-41(27-30-51(48)55-52(46)35-44)53(40-20-6-2-7-21-40)49-26-13-12-25-45(49)47-32-38-17-10-11-18-39(38)33-50(47)53/h1-41H;1-35H. The SMILES string of the molecule is c1ccc(-c2ccc(N(c3ccc(-c4ccccc4)cc3)c3cccc4oc5ccc(C6(c7ccc(-c8ccccc8)cc7)c7ccccc7-c7ccccc76)cc5c34)cc2)cc1.c1ccc(-c2cccc(N(c3ccccc3)c3ccc4c(c3)oc3ccc(C5(c6ccccc6)c6ccccc6-c6cc7ccccc7cc65)cc34)c2)cc1. The fourth-order valence-corrected chi connectivity index (χ4v) is 19.1. The molecule has 21 aromatic rings. The zero-order valence-corrected chi connectivity index (χ0v) is 64.6. The minimum Gasteiger partial charge on any atom is -0.456 e. The molecule has 0 radical (unpaired) electrons. The van der Waals surface area contributed by atoms with Gasteiger partial charge >= 0.3 is 0 Å². The predicted molar refractivity (Wildman–Crippen MR) is 491 cm³/mol. The molecule has 1 unspecified atom stereocenters. The van der Waals surface area contributed by atoms with Crippen LogP contribution >= 0.6 is 0 Å². The zero-order valence-electron chi connectivity index (χ0n) is 64.6. The number of furan rings is 2. The van der Waals surface area contributed by atoms with Gasteiger partial charge in [-0.25, -0.2) is 0 Å². The molecule has 0 saturated heterocycles. The average molecular weight is 1510 g/mol. The largest absolute Gasteiger partial charge is 0.456 e. The van der Waals surface area contributed by atoms with Gasteiger partial charge in [-0.1, -0.05) is 346 Å². The summed E-state index contributed by atoms with van der Waals surface area (Å²) in [6.07, 6.45) is 0. The molecule has 0 aliphatic heterocycles. The minimum absolute atomic E-state index is 0.511. The summed E-state index contributed by atoms with van der Waals surface area (Å²) in [5.74, 6) is 0. The van der Waals surface area contributed by atoms with Gasteiger partial charge in [-0.05, 0) is 231 Å². The molecular weight excluding hydrogens is 1430 g/mol. The Balaban J connectivity index is 0.000000144. The maximum atomic E-state index is 6.80. The first-order valence-electron chi connectivity index (χ1n) is 40.6. The molecule has 0 saturated carbocycles. The third-order valence-electron chi connectivity index (χ3n) is 24.5. The number of nitrogens with zero attached hydrogens (tertiary/aromatic N) is 2. The first kappa shape index (κ1) is 69.4. The fraction of sp³-hybridized carbons (Fsp3) is 0.0175. The minimum atomic E-state index is -0.574. The lowest BCUT2D eigenvalue weighted by molar-refractivity contribution is 0.667. The summed E-state index contributed by atoms with van der Waals surface area (Å²) in [5, 5.41) is 6.85. The number of hydrogen-bond donors (Lipinski definition) is 0. The van der Waals surface area contributed by atoms with Gasteiger partial charge in [0.25, 0.3) is 0 Å². The number of hydrogen-bond acceptors (Lipinski definition) is 4. The normalized spacial score (nSPS) is 13.5. The van der Waals surface area contributed by atoms with Gasteiger partial charge in [0, 0.05) is 50.7 Å². The van der Waals surface area contributed by atoms with E-state index in [1.165, 1.54) is 122 Å². The number of para-hydroxylation sites is 1. The summed E-state index contributed by atoms with van der Waals surface area (Å²) in [7, 11) is 0. The van der Waals surface area contributed by atoms with Gasteiger partial charge < -0.3 is 18.6 Å². The Morgan fingerprint density at radius 2 is 0.551 bits per heavy atom. The van der Waals surface area contributed by atoms with E-state index in [0.717, 1.165) is 78.0 Å². The first-order chi connectivity index (χ1) is 58.5. The molecule has 0 amide bonds. The maximum Gasteiger partial charge on any atom is 0.137 e.